The van der Waals surface area contributed by atoms with Crippen LogP contribution < -0.4 is 14.8 Å². The Hall–Kier alpha value is -3.94. The number of esters is 1. The first-order valence-corrected chi connectivity index (χ1v) is 9.11. The third kappa shape index (κ3) is 4.22. The molecule has 2 aromatic rings. The van der Waals surface area contributed by atoms with E-state index in [1.54, 1.807) is 31.2 Å². The molecule has 3 rings (SSSR count). The van der Waals surface area contributed by atoms with E-state index in [0.29, 0.717) is 11.3 Å². The number of hydrogen-bond donors (Lipinski definition) is 2. The normalized spacial score (nSPS) is 14.5. The fraction of sp³-hybridized carbons (Fsp3) is 0.182. The first-order chi connectivity index (χ1) is 14.5. The van der Waals surface area contributed by atoms with Crippen molar-refractivity contribution < 1.29 is 33.6 Å². The average molecular weight is 411 g/mol. The summed E-state index contributed by atoms with van der Waals surface area (Å²) in [5, 5.41) is 13.0. The number of methoxy groups -OCH3 is 2. The van der Waals surface area contributed by atoms with E-state index in [0.717, 1.165) is 0 Å². The maximum atomic E-state index is 12.9. The molecule has 0 amide bonds. The van der Waals surface area contributed by atoms with Crippen LogP contribution in [0.25, 0.3) is 6.08 Å². The molecule has 0 unspecified atom stereocenters. The molecule has 30 heavy (non-hydrogen) atoms. The predicted molar refractivity (Wildman–Crippen MR) is 109 cm³/mol. The van der Waals surface area contributed by atoms with Gasteiger partial charge in [0.1, 0.15) is 0 Å². The van der Waals surface area contributed by atoms with E-state index in [1.807, 2.05) is 6.07 Å². The summed E-state index contributed by atoms with van der Waals surface area (Å²) in [6, 6.07) is 12.0. The molecule has 156 valence electrons. The van der Waals surface area contributed by atoms with Gasteiger partial charge in [-0.05, 0) is 42.8 Å². The number of para-hydroxylation sites is 1. The summed E-state index contributed by atoms with van der Waals surface area (Å²) < 4.78 is 20.9. The van der Waals surface area contributed by atoms with Gasteiger partial charge in [-0.3, -0.25) is 4.79 Å². The van der Waals surface area contributed by atoms with E-state index in [-0.39, 0.29) is 41.1 Å². The lowest BCUT2D eigenvalue weighted by atomic mass is 10.1. The number of phenols is 1. The Morgan fingerprint density at radius 3 is 2.33 bits per heavy atom. The molecule has 0 aromatic heterocycles. The van der Waals surface area contributed by atoms with Crippen LogP contribution in [-0.4, -0.2) is 37.7 Å². The highest BCUT2D eigenvalue weighted by Gasteiger charge is 2.37. The molecule has 0 atom stereocenters. The number of Topliss-reactive ketones (excluding diaryl/α,β-unsaturated/α-hetero) is 1. The second-order valence-corrected chi connectivity index (χ2v) is 6.13. The number of ketones is 1. The van der Waals surface area contributed by atoms with Crippen LogP contribution in [0.3, 0.4) is 0 Å². The van der Waals surface area contributed by atoms with Gasteiger partial charge in [0, 0.05) is 5.69 Å². The summed E-state index contributed by atoms with van der Waals surface area (Å²) in [4.78, 5) is 25.3. The number of rotatable bonds is 7. The molecule has 1 heterocycles. The van der Waals surface area contributed by atoms with Crippen molar-refractivity contribution in [2.24, 2.45) is 0 Å². The highest BCUT2D eigenvalue weighted by Crippen LogP contribution is 2.38. The molecular formula is C22H21NO7. The van der Waals surface area contributed by atoms with Crippen LogP contribution in [0.15, 0.2) is 59.7 Å². The van der Waals surface area contributed by atoms with Gasteiger partial charge in [-0.2, -0.15) is 0 Å². The molecule has 0 saturated heterocycles. The molecule has 0 bridgehead atoms. The molecule has 0 spiro atoms. The largest absolute Gasteiger partial charge is 0.502 e. The zero-order valence-electron chi connectivity index (χ0n) is 16.7. The number of carbonyl (C=O) groups excluding carboxylic acids is 2. The summed E-state index contributed by atoms with van der Waals surface area (Å²) >= 11 is 0. The second-order valence-electron chi connectivity index (χ2n) is 6.13. The average Bonchev–Trinajstić information content (AvgIpc) is 3.04. The van der Waals surface area contributed by atoms with Gasteiger partial charge in [0.25, 0.3) is 0 Å². The summed E-state index contributed by atoms with van der Waals surface area (Å²) in [6.07, 6.45) is 1.42. The van der Waals surface area contributed by atoms with Gasteiger partial charge in [0.05, 0.1) is 20.8 Å². The summed E-state index contributed by atoms with van der Waals surface area (Å²) in [5.74, 6) is -1.37. The Morgan fingerprint density at radius 1 is 1.13 bits per heavy atom. The Morgan fingerprint density at radius 2 is 1.77 bits per heavy atom. The number of benzene rings is 2. The van der Waals surface area contributed by atoms with Crippen LogP contribution >= 0.6 is 0 Å². The van der Waals surface area contributed by atoms with Crippen LogP contribution in [0.4, 0.5) is 5.69 Å². The first-order valence-electron chi connectivity index (χ1n) is 9.11. The number of nitrogens with one attached hydrogen (secondary N) is 1. The first kappa shape index (κ1) is 20.8. The lowest BCUT2D eigenvalue weighted by Gasteiger charge is -2.10. The van der Waals surface area contributed by atoms with Crippen LogP contribution in [0.5, 0.6) is 17.2 Å². The zero-order chi connectivity index (χ0) is 21.7. The molecule has 8 heteroatoms. The number of carbonyl (C=O) groups is 2. The monoisotopic (exact) mass is 411 g/mol. The summed E-state index contributed by atoms with van der Waals surface area (Å²) in [5.41, 5.74) is 0.870. The fourth-order valence-corrected chi connectivity index (χ4v) is 2.81. The van der Waals surface area contributed by atoms with Crippen molar-refractivity contribution in [3.8, 4) is 17.2 Å². The third-order valence-electron chi connectivity index (χ3n) is 4.20. The molecule has 0 fully saturated rings. The number of ether oxygens (including phenoxy) is 4. The Balaban J connectivity index is 1.99. The Labute approximate surface area is 173 Å². The number of aromatic hydroxyl groups is 1. The van der Waals surface area contributed by atoms with E-state index in [9.17, 15) is 14.7 Å². The highest BCUT2D eigenvalue weighted by atomic mass is 16.5. The molecule has 0 aliphatic carbocycles. The lowest BCUT2D eigenvalue weighted by Crippen LogP contribution is -2.16. The van der Waals surface area contributed by atoms with E-state index >= 15 is 0 Å². The van der Waals surface area contributed by atoms with Gasteiger partial charge < -0.3 is 29.4 Å². The van der Waals surface area contributed by atoms with Crippen molar-refractivity contribution in [1.82, 2.24) is 0 Å². The highest BCUT2D eigenvalue weighted by molar-refractivity contribution is 6.26. The molecule has 1 aliphatic rings. The summed E-state index contributed by atoms with van der Waals surface area (Å²) in [6.45, 7) is 1.76. The van der Waals surface area contributed by atoms with Crippen molar-refractivity contribution in [1.29, 1.82) is 0 Å². The van der Waals surface area contributed by atoms with Crippen LogP contribution in [0.2, 0.25) is 0 Å². The zero-order valence-corrected chi connectivity index (χ0v) is 16.7. The molecule has 2 aromatic carbocycles. The lowest BCUT2D eigenvalue weighted by molar-refractivity contribution is -0.139. The van der Waals surface area contributed by atoms with E-state index in [4.69, 9.17) is 18.9 Å². The number of hydrogen-bond acceptors (Lipinski definition) is 8. The van der Waals surface area contributed by atoms with Crippen molar-refractivity contribution in [2.45, 2.75) is 6.92 Å². The minimum Gasteiger partial charge on any atom is -0.502 e. The number of allylic oxidation sites excluding steroid dienone is 1. The van der Waals surface area contributed by atoms with Gasteiger partial charge in [-0.15, -0.1) is 0 Å². The quantitative estimate of drug-likeness (QED) is 0.407. The van der Waals surface area contributed by atoms with Crippen molar-refractivity contribution >= 4 is 23.5 Å². The van der Waals surface area contributed by atoms with Crippen molar-refractivity contribution in [2.75, 3.05) is 26.1 Å². The standard InChI is InChI=1S/C22H21NO7/c1-4-29-22(26)18-20(25)17(30-21(18)23-14-8-6-5-7-9-14)12-13-10-15(27-2)19(24)16(11-13)28-3/h5-12,23-24H,4H2,1-3H3/b17-12-. The van der Waals surface area contributed by atoms with E-state index < -0.39 is 11.8 Å². The van der Waals surface area contributed by atoms with Crippen molar-refractivity contribution in [3.05, 3.63) is 65.2 Å². The smallest absolute Gasteiger partial charge is 0.347 e. The minimum absolute atomic E-state index is 0.0198. The molecule has 1 aliphatic heterocycles. The van der Waals surface area contributed by atoms with Gasteiger partial charge >= 0.3 is 5.97 Å². The predicted octanol–water partition coefficient (Wildman–Crippen LogP) is 3.24. The Bertz CT molecular complexity index is 1000. The van der Waals surface area contributed by atoms with Crippen LogP contribution in [0, 0.1) is 0 Å². The van der Waals surface area contributed by atoms with Gasteiger partial charge in [0.15, 0.2) is 22.8 Å². The van der Waals surface area contributed by atoms with Crippen molar-refractivity contribution in [3.63, 3.8) is 0 Å². The summed E-state index contributed by atoms with van der Waals surface area (Å²) in [7, 11) is 2.79. The van der Waals surface area contributed by atoms with E-state index in [1.165, 1.54) is 32.4 Å². The van der Waals surface area contributed by atoms with Crippen LogP contribution in [0.1, 0.15) is 12.5 Å². The molecule has 0 radical (unpaired) electrons. The Kier molecular flexibility index (Phi) is 6.26. The van der Waals surface area contributed by atoms with E-state index in [2.05, 4.69) is 5.32 Å². The fourth-order valence-electron chi connectivity index (χ4n) is 2.81. The third-order valence-corrected chi connectivity index (χ3v) is 4.20. The topological polar surface area (TPSA) is 103 Å². The minimum atomic E-state index is -0.787. The molecule has 2 N–H and O–H groups in total. The number of phenolic OH excluding ortho intramolecular Hbond substituents is 1. The second kappa shape index (κ2) is 9.04. The molecular weight excluding hydrogens is 390 g/mol. The maximum Gasteiger partial charge on any atom is 0.347 e. The molecule has 8 nitrogen and oxygen atoms in total. The van der Waals surface area contributed by atoms with Gasteiger partial charge in [-0.1, -0.05) is 18.2 Å². The van der Waals surface area contributed by atoms with Gasteiger partial charge in [0.2, 0.25) is 17.4 Å². The number of anilines is 1. The van der Waals surface area contributed by atoms with Gasteiger partial charge in [-0.25, -0.2) is 4.79 Å². The maximum absolute atomic E-state index is 12.9. The van der Waals surface area contributed by atoms with Crippen LogP contribution in [-0.2, 0) is 19.1 Å². The SMILES string of the molecule is CCOC(=O)C1=C(Nc2ccccc2)O/C(=C\c2cc(OC)c(O)c(OC)c2)C1=O. The molecule has 0 saturated carbocycles.